The van der Waals surface area contributed by atoms with Crippen molar-refractivity contribution >= 4 is 27.6 Å². The van der Waals surface area contributed by atoms with Gasteiger partial charge >= 0.3 is 5.97 Å². The SMILES string of the molecule is CC(C)C[C@H](NC(=O)COC(=O)c1ccccc1NS(C)(=O)=O)c1ccccc1. The Hall–Kier alpha value is -2.87. The maximum absolute atomic E-state index is 12.4. The van der Waals surface area contributed by atoms with E-state index >= 15 is 0 Å². The maximum Gasteiger partial charge on any atom is 0.340 e. The maximum atomic E-state index is 12.4. The van der Waals surface area contributed by atoms with E-state index in [2.05, 4.69) is 23.9 Å². The summed E-state index contributed by atoms with van der Waals surface area (Å²) in [7, 11) is -3.56. The number of hydrogen-bond acceptors (Lipinski definition) is 5. The Kier molecular flexibility index (Phi) is 7.78. The average molecular weight is 419 g/mol. The number of rotatable bonds is 9. The molecule has 29 heavy (non-hydrogen) atoms. The van der Waals surface area contributed by atoms with Gasteiger partial charge in [-0.1, -0.05) is 56.3 Å². The van der Waals surface area contributed by atoms with E-state index in [9.17, 15) is 18.0 Å². The lowest BCUT2D eigenvalue weighted by Crippen LogP contribution is -2.33. The summed E-state index contributed by atoms with van der Waals surface area (Å²) < 4.78 is 30.3. The van der Waals surface area contributed by atoms with Gasteiger partial charge in [0.05, 0.1) is 23.5 Å². The van der Waals surface area contributed by atoms with E-state index in [1.54, 1.807) is 12.1 Å². The molecule has 0 radical (unpaired) electrons. The first-order chi connectivity index (χ1) is 13.7. The molecule has 0 saturated heterocycles. The van der Waals surface area contributed by atoms with Crippen molar-refractivity contribution in [1.82, 2.24) is 5.32 Å². The Morgan fingerprint density at radius 3 is 2.24 bits per heavy atom. The molecule has 156 valence electrons. The number of hydrogen-bond donors (Lipinski definition) is 2. The Balaban J connectivity index is 2.02. The van der Waals surface area contributed by atoms with E-state index < -0.39 is 28.5 Å². The lowest BCUT2D eigenvalue weighted by molar-refractivity contribution is -0.125. The number of ether oxygens (including phenoxy) is 1. The van der Waals surface area contributed by atoms with E-state index in [1.807, 2.05) is 30.3 Å². The number of benzene rings is 2. The number of carbonyl (C=O) groups is 2. The van der Waals surface area contributed by atoms with Crippen LogP contribution in [-0.4, -0.2) is 33.2 Å². The third-order valence-corrected chi connectivity index (χ3v) is 4.61. The summed E-state index contributed by atoms with van der Waals surface area (Å²) in [6.45, 7) is 3.66. The van der Waals surface area contributed by atoms with Crippen molar-refractivity contribution in [2.24, 2.45) is 5.92 Å². The minimum absolute atomic E-state index is 0.0347. The highest BCUT2D eigenvalue weighted by Gasteiger charge is 2.19. The Labute approximate surface area is 171 Å². The highest BCUT2D eigenvalue weighted by atomic mass is 32.2. The van der Waals surface area contributed by atoms with Crippen LogP contribution in [-0.2, 0) is 19.6 Å². The third kappa shape index (κ3) is 7.57. The van der Waals surface area contributed by atoms with Gasteiger partial charge in [0, 0.05) is 0 Å². The molecule has 0 aromatic heterocycles. The van der Waals surface area contributed by atoms with Gasteiger partial charge in [-0.05, 0) is 30.0 Å². The van der Waals surface area contributed by atoms with Crippen LogP contribution in [0.25, 0.3) is 0 Å². The zero-order chi connectivity index (χ0) is 21.4. The van der Waals surface area contributed by atoms with Crippen molar-refractivity contribution in [2.75, 3.05) is 17.6 Å². The summed E-state index contributed by atoms with van der Waals surface area (Å²) in [6, 6.07) is 15.4. The molecule has 0 aliphatic rings. The van der Waals surface area contributed by atoms with E-state index in [-0.39, 0.29) is 17.3 Å². The van der Waals surface area contributed by atoms with Crippen LogP contribution < -0.4 is 10.0 Å². The monoisotopic (exact) mass is 418 g/mol. The molecule has 2 aromatic carbocycles. The molecule has 1 amide bonds. The smallest absolute Gasteiger partial charge is 0.340 e. The van der Waals surface area contributed by atoms with Crippen LogP contribution in [0.5, 0.6) is 0 Å². The molecule has 2 aromatic rings. The molecule has 8 heteroatoms. The first kappa shape index (κ1) is 22.4. The third-order valence-electron chi connectivity index (χ3n) is 4.02. The molecule has 0 saturated carbocycles. The van der Waals surface area contributed by atoms with Crippen LogP contribution in [0.2, 0.25) is 0 Å². The number of esters is 1. The molecule has 0 aliphatic carbocycles. The van der Waals surface area contributed by atoms with E-state index in [0.29, 0.717) is 5.92 Å². The minimum atomic E-state index is -3.56. The molecule has 0 aliphatic heterocycles. The van der Waals surface area contributed by atoms with Gasteiger partial charge in [0.1, 0.15) is 0 Å². The predicted octanol–water partition coefficient (Wildman–Crippen LogP) is 3.12. The van der Waals surface area contributed by atoms with E-state index in [1.165, 1.54) is 12.1 Å². The van der Waals surface area contributed by atoms with Crippen molar-refractivity contribution in [1.29, 1.82) is 0 Å². The highest BCUT2D eigenvalue weighted by molar-refractivity contribution is 7.92. The summed E-state index contributed by atoms with van der Waals surface area (Å²) in [5, 5.41) is 2.90. The van der Waals surface area contributed by atoms with E-state index in [0.717, 1.165) is 18.2 Å². The zero-order valence-corrected chi connectivity index (χ0v) is 17.5. The van der Waals surface area contributed by atoms with Gasteiger partial charge in [-0.3, -0.25) is 9.52 Å². The van der Waals surface area contributed by atoms with Gasteiger partial charge < -0.3 is 10.1 Å². The average Bonchev–Trinajstić information content (AvgIpc) is 2.65. The van der Waals surface area contributed by atoms with Crippen molar-refractivity contribution in [3.63, 3.8) is 0 Å². The van der Waals surface area contributed by atoms with E-state index in [4.69, 9.17) is 4.74 Å². The molecule has 0 spiro atoms. The van der Waals surface area contributed by atoms with Crippen molar-refractivity contribution in [3.8, 4) is 0 Å². The molecule has 7 nitrogen and oxygen atoms in total. The quantitative estimate of drug-likeness (QED) is 0.609. The summed E-state index contributed by atoms with van der Waals surface area (Å²) >= 11 is 0. The second-order valence-electron chi connectivity index (χ2n) is 7.16. The van der Waals surface area contributed by atoms with Crippen LogP contribution in [0.3, 0.4) is 0 Å². The molecular weight excluding hydrogens is 392 g/mol. The number of para-hydroxylation sites is 1. The van der Waals surface area contributed by atoms with Gasteiger partial charge in [0.25, 0.3) is 5.91 Å². The topological polar surface area (TPSA) is 102 Å². The van der Waals surface area contributed by atoms with Crippen LogP contribution in [0.15, 0.2) is 54.6 Å². The predicted molar refractivity (Wildman–Crippen MR) is 112 cm³/mol. The molecule has 0 unspecified atom stereocenters. The Morgan fingerprint density at radius 2 is 1.62 bits per heavy atom. The first-order valence-corrected chi connectivity index (χ1v) is 11.1. The molecule has 2 rings (SSSR count). The van der Waals surface area contributed by atoms with Gasteiger partial charge in [0.2, 0.25) is 10.0 Å². The minimum Gasteiger partial charge on any atom is -0.452 e. The summed E-state index contributed by atoms with van der Waals surface area (Å²) in [5.74, 6) is -0.856. The molecule has 0 bridgehead atoms. The lowest BCUT2D eigenvalue weighted by Gasteiger charge is -2.21. The van der Waals surface area contributed by atoms with Gasteiger partial charge in [-0.25, -0.2) is 13.2 Å². The normalized spacial score (nSPS) is 12.3. The van der Waals surface area contributed by atoms with Crippen molar-refractivity contribution in [3.05, 3.63) is 65.7 Å². The van der Waals surface area contributed by atoms with Gasteiger partial charge in [-0.2, -0.15) is 0 Å². The summed E-state index contributed by atoms with van der Waals surface area (Å²) in [6.07, 6.45) is 1.73. The molecular formula is C21H26N2O5S. The van der Waals surface area contributed by atoms with Crippen LogP contribution in [0.4, 0.5) is 5.69 Å². The number of amides is 1. The fraction of sp³-hybridized carbons (Fsp3) is 0.333. The number of carbonyl (C=O) groups excluding carboxylic acids is 2. The Morgan fingerprint density at radius 1 is 1.00 bits per heavy atom. The largest absolute Gasteiger partial charge is 0.452 e. The van der Waals surface area contributed by atoms with Gasteiger partial charge in [-0.15, -0.1) is 0 Å². The molecule has 1 atom stereocenters. The number of sulfonamides is 1. The second-order valence-corrected chi connectivity index (χ2v) is 8.90. The van der Waals surface area contributed by atoms with Crippen LogP contribution in [0.1, 0.15) is 42.2 Å². The molecule has 0 fully saturated rings. The standard InChI is InChI=1S/C21H26N2O5S/c1-15(2)13-19(16-9-5-4-6-10-16)22-20(24)14-28-21(25)17-11-7-8-12-18(17)23-29(3,26)27/h4-12,15,19,23H,13-14H2,1-3H3,(H,22,24)/t19-/m0/s1. The first-order valence-electron chi connectivity index (χ1n) is 9.24. The number of anilines is 1. The second kappa shape index (κ2) is 10.1. The van der Waals surface area contributed by atoms with Crippen LogP contribution >= 0.6 is 0 Å². The van der Waals surface area contributed by atoms with Gasteiger partial charge in [0.15, 0.2) is 6.61 Å². The summed E-state index contributed by atoms with van der Waals surface area (Å²) in [4.78, 5) is 24.7. The zero-order valence-electron chi connectivity index (χ0n) is 16.7. The Bertz CT molecular complexity index is 943. The number of nitrogens with one attached hydrogen (secondary N) is 2. The molecule has 0 heterocycles. The fourth-order valence-electron chi connectivity index (χ4n) is 2.83. The summed E-state index contributed by atoms with van der Waals surface area (Å²) in [5.41, 5.74) is 1.11. The van der Waals surface area contributed by atoms with Crippen LogP contribution in [0, 0.1) is 5.92 Å². The highest BCUT2D eigenvalue weighted by Crippen LogP contribution is 2.21. The van der Waals surface area contributed by atoms with Crippen molar-refractivity contribution in [2.45, 2.75) is 26.3 Å². The lowest BCUT2D eigenvalue weighted by atomic mass is 9.97. The van der Waals surface area contributed by atoms with Crippen molar-refractivity contribution < 1.29 is 22.7 Å². The molecule has 2 N–H and O–H groups in total. The fourth-order valence-corrected chi connectivity index (χ4v) is 3.41.